The van der Waals surface area contributed by atoms with Gasteiger partial charge in [0.05, 0.1) is 11.4 Å². The van der Waals surface area contributed by atoms with Crippen molar-refractivity contribution < 1.29 is 4.79 Å². The van der Waals surface area contributed by atoms with E-state index in [0.29, 0.717) is 22.0 Å². The normalized spacial score (nSPS) is 11.0. The Morgan fingerprint density at radius 2 is 1.97 bits per heavy atom. The average molecular weight is 423 g/mol. The maximum absolute atomic E-state index is 12.6. The van der Waals surface area contributed by atoms with Crippen molar-refractivity contribution in [2.45, 2.75) is 24.5 Å². The molecule has 29 heavy (non-hydrogen) atoms. The molecule has 146 valence electrons. The van der Waals surface area contributed by atoms with Crippen LogP contribution in [0.3, 0.4) is 0 Å². The SMILES string of the molecule is Cc1cccc(C(=O)Nc2ccccc2SCc2cc(=O)n3nc(C)sc3n2)c1. The van der Waals surface area contributed by atoms with Crippen molar-refractivity contribution in [3.05, 3.63) is 86.8 Å². The van der Waals surface area contributed by atoms with Gasteiger partial charge in [-0.15, -0.1) is 11.8 Å². The number of para-hydroxylation sites is 1. The smallest absolute Gasteiger partial charge is 0.275 e. The number of rotatable bonds is 5. The van der Waals surface area contributed by atoms with Crippen LogP contribution in [0, 0.1) is 13.8 Å². The Morgan fingerprint density at radius 3 is 2.79 bits per heavy atom. The minimum atomic E-state index is -0.184. The van der Waals surface area contributed by atoms with Gasteiger partial charge in [0.2, 0.25) is 4.96 Å². The van der Waals surface area contributed by atoms with Gasteiger partial charge in [-0.25, -0.2) is 4.98 Å². The summed E-state index contributed by atoms with van der Waals surface area (Å²) in [5, 5.41) is 7.94. The molecule has 0 radical (unpaired) electrons. The number of nitrogens with one attached hydrogen (secondary N) is 1. The standard InChI is InChI=1S/C21H18N4O2S2/c1-13-6-5-7-15(10-13)20(27)23-17-8-3-4-9-18(17)28-12-16-11-19(26)25-21(22-16)29-14(2)24-25/h3-11H,12H2,1-2H3,(H,23,27). The zero-order valence-electron chi connectivity index (χ0n) is 15.9. The molecule has 6 nitrogen and oxygen atoms in total. The first-order valence-electron chi connectivity index (χ1n) is 8.96. The quantitative estimate of drug-likeness (QED) is 0.485. The molecule has 0 spiro atoms. The van der Waals surface area contributed by atoms with E-state index in [4.69, 9.17) is 0 Å². The van der Waals surface area contributed by atoms with E-state index in [9.17, 15) is 9.59 Å². The molecule has 0 atom stereocenters. The molecule has 4 aromatic rings. The Hall–Kier alpha value is -2.97. The molecule has 0 saturated heterocycles. The molecular weight excluding hydrogens is 404 g/mol. The van der Waals surface area contributed by atoms with Gasteiger partial charge in [0.1, 0.15) is 5.01 Å². The first-order chi connectivity index (χ1) is 14.0. The fourth-order valence-electron chi connectivity index (χ4n) is 2.85. The van der Waals surface area contributed by atoms with E-state index in [2.05, 4.69) is 15.4 Å². The molecule has 2 aromatic heterocycles. The van der Waals surface area contributed by atoms with Crippen LogP contribution < -0.4 is 10.9 Å². The third-order valence-corrected chi connectivity index (χ3v) is 6.12. The van der Waals surface area contributed by atoms with Gasteiger partial charge in [-0.05, 0) is 38.1 Å². The number of hydrogen-bond acceptors (Lipinski definition) is 6. The molecule has 0 aliphatic rings. The van der Waals surface area contributed by atoms with Gasteiger partial charge in [-0.2, -0.15) is 9.61 Å². The number of nitrogens with zero attached hydrogens (tertiary/aromatic N) is 3. The highest BCUT2D eigenvalue weighted by Crippen LogP contribution is 2.30. The van der Waals surface area contributed by atoms with Gasteiger partial charge in [0, 0.05) is 22.3 Å². The number of carbonyl (C=O) groups is 1. The summed E-state index contributed by atoms with van der Waals surface area (Å²) in [7, 11) is 0. The third-order valence-electron chi connectivity index (χ3n) is 4.19. The van der Waals surface area contributed by atoms with Crippen LogP contribution in [0.25, 0.3) is 4.96 Å². The maximum atomic E-state index is 12.6. The van der Waals surface area contributed by atoms with Gasteiger partial charge in [0.25, 0.3) is 11.5 Å². The summed E-state index contributed by atoms with van der Waals surface area (Å²) in [5.41, 5.74) is 2.88. The first-order valence-corrected chi connectivity index (χ1v) is 10.8. The number of carbonyl (C=O) groups excluding carboxylic acids is 1. The van der Waals surface area contributed by atoms with E-state index in [0.717, 1.165) is 21.2 Å². The monoisotopic (exact) mass is 422 g/mol. The average Bonchev–Trinajstić information content (AvgIpc) is 3.08. The van der Waals surface area contributed by atoms with Crippen molar-refractivity contribution in [2.75, 3.05) is 5.32 Å². The summed E-state index contributed by atoms with van der Waals surface area (Å²) in [4.78, 5) is 30.9. The molecule has 1 amide bonds. The molecule has 1 N–H and O–H groups in total. The number of hydrogen-bond donors (Lipinski definition) is 1. The summed E-state index contributed by atoms with van der Waals surface area (Å²) >= 11 is 2.91. The van der Waals surface area contributed by atoms with Crippen LogP contribution in [0.4, 0.5) is 5.69 Å². The third kappa shape index (κ3) is 4.38. The molecule has 8 heteroatoms. The zero-order chi connectivity index (χ0) is 20.4. The van der Waals surface area contributed by atoms with E-state index >= 15 is 0 Å². The van der Waals surface area contributed by atoms with Gasteiger partial charge < -0.3 is 5.32 Å². The molecule has 0 unspecified atom stereocenters. The summed E-state index contributed by atoms with van der Waals surface area (Å²) < 4.78 is 1.32. The van der Waals surface area contributed by atoms with Crippen LogP contribution in [0.1, 0.15) is 26.6 Å². The fourth-order valence-corrected chi connectivity index (χ4v) is 4.52. The molecule has 0 fully saturated rings. The maximum Gasteiger partial charge on any atom is 0.275 e. The highest BCUT2D eigenvalue weighted by Gasteiger charge is 2.11. The van der Waals surface area contributed by atoms with E-state index in [1.54, 1.807) is 6.07 Å². The number of fused-ring (bicyclic) bond motifs is 1. The summed E-state index contributed by atoms with van der Waals surface area (Å²) in [5.74, 6) is 0.361. The van der Waals surface area contributed by atoms with Crippen LogP contribution in [0.15, 0.2) is 64.3 Å². The summed E-state index contributed by atoms with van der Waals surface area (Å²) in [6, 6.07) is 16.6. The van der Waals surface area contributed by atoms with Crippen molar-refractivity contribution in [1.82, 2.24) is 14.6 Å². The lowest BCUT2D eigenvalue weighted by Gasteiger charge is -2.11. The number of thioether (sulfide) groups is 1. The lowest BCUT2D eigenvalue weighted by molar-refractivity contribution is 0.102. The Bertz CT molecular complexity index is 1260. The first kappa shape index (κ1) is 19.4. The summed E-state index contributed by atoms with van der Waals surface area (Å²) in [6.45, 7) is 3.80. The largest absolute Gasteiger partial charge is 0.321 e. The van der Waals surface area contributed by atoms with Crippen molar-refractivity contribution >= 4 is 39.7 Å². The van der Waals surface area contributed by atoms with Crippen LogP contribution in [0.5, 0.6) is 0 Å². The number of anilines is 1. The van der Waals surface area contributed by atoms with Gasteiger partial charge in [-0.3, -0.25) is 9.59 Å². The topological polar surface area (TPSA) is 76.4 Å². The van der Waals surface area contributed by atoms with Gasteiger partial charge >= 0.3 is 0 Å². The van der Waals surface area contributed by atoms with Crippen molar-refractivity contribution in [2.24, 2.45) is 0 Å². The number of benzene rings is 2. The fraction of sp³-hybridized carbons (Fsp3) is 0.143. The second kappa shape index (κ2) is 8.18. The van der Waals surface area contributed by atoms with E-state index < -0.39 is 0 Å². The highest BCUT2D eigenvalue weighted by molar-refractivity contribution is 7.98. The highest BCUT2D eigenvalue weighted by atomic mass is 32.2. The van der Waals surface area contributed by atoms with Crippen LogP contribution in [0.2, 0.25) is 0 Å². The van der Waals surface area contributed by atoms with E-state index in [-0.39, 0.29) is 11.5 Å². The van der Waals surface area contributed by atoms with E-state index in [1.165, 1.54) is 33.7 Å². The molecule has 2 aromatic carbocycles. The Balaban J connectivity index is 1.53. The van der Waals surface area contributed by atoms with Gasteiger partial charge in [0.15, 0.2) is 0 Å². The lowest BCUT2D eigenvalue weighted by atomic mass is 10.1. The second-order valence-corrected chi connectivity index (χ2v) is 8.69. The number of aromatic nitrogens is 3. The number of aryl methyl sites for hydroxylation is 2. The molecule has 4 rings (SSSR count). The Labute approximate surface area is 175 Å². The predicted molar refractivity (Wildman–Crippen MR) is 117 cm³/mol. The second-order valence-electron chi connectivity index (χ2n) is 6.51. The van der Waals surface area contributed by atoms with Crippen molar-refractivity contribution in [3.63, 3.8) is 0 Å². The van der Waals surface area contributed by atoms with Crippen LogP contribution in [-0.4, -0.2) is 20.5 Å². The Kier molecular flexibility index (Phi) is 5.46. The molecular formula is C21H18N4O2S2. The number of amides is 1. The Morgan fingerprint density at radius 1 is 1.14 bits per heavy atom. The zero-order valence-corrected chi connectivity index (χ0v) is 17.5. The molecule has 2 heterocycles. The molecule has 0 saturated carbocycles. The van der Waals surface area contributed by atoms with E-state index in [1.807, 2.05) is 56.3 Å². The minimum absolute atomic E-state index is 0.153. The van der Waals surface area contributed by atoms with Crippen molar-refractivity contribution in [1.29, 1.82) is 0 Å². The molecule has 0 aliphatic carbocycles. The molecule has 0 bridgehead atoms. The lowest BCUT2D eigenvalue weighted by Crippen LogP contribution is -2.15. The van der Waals surface area contributed by atoms with Gasteiger partial charge in [-0.1, -0.05) is 41.2 Å². The predicted octanol–water partition coefficient (Wildman–Crippen LogP) is 4.31. The van der Waals surface area contributed by atoms with Crippen LogP contribution >= 0.6 is 23.1 Å². The van der Waals surface area contributed by atoms with Crippen LogP contribution in [-0.2, 0) is 5.75 Å². The van der Waals surface area contributed by atoms with Crippen molar-refractivity contribution in [3.8, 4) is 0 Å². The molecule has 0 aliphatic heterocycles. The summed E-state index contributed by atoms with van der Waals surface area (Å²) in [6.07, 6.45) is 0. The minimum Gasteiger partial charge on any atom is -0.321 e.